The summed E-state index contributed by atoms with van der Waals surface area (Å²) in [6, 6.07) is 1.90. The molecule has 3 nitrogen and oxygen atoms in total. The Morgan fingerprint density at radius 3 is 2.29 bits per heavy atom. The second-order valence-corrected chi connectivity index (χ2v) is 3.73. The Balaban J connectivity index is 3.43. The van der Waals surface area contributed by atoms with Crippen molar-refractivity contribution in [2.45, 2.75) is 13.5 Å². The van der Waals surface area contributed by atoms with E-state index < -0.39 is 0 Å². The van der Waals surface area contributed by atoms with Gasteiger partial charge in [0.05, 0.1) is 25.3 Å². The molecule has 4 heteroatoms. The normalized spacial score (nSPS) is 10.1. The molecule has 0 spiro atoms. The molecule has 78 valence electrons. The third-order valence-corrected chi connectivity index (χ3v) is 2.67. The number of rotatable bonds is 3. The minimum Gasteiger partial charge on any atom is -0.492 e. The summed E-state index contributed by atoms with van der Waals surface area (Å²) in [6.45, 7) is 1.86. The summed E-state index contributed by atoms with van der Waals surface area (Å²) in [7, 11) is 3.13. The minimum atomic E-state index is -0.0569. The number of hydrogen-bond donors (Lipinski definition) is 1. The van der Waals surface area contributed by atoms with Crippen molar-refractivity contribution in [3.05, 3.63) is 21.7 Å². The van der Waals surface area contributed by atoms with Crippen LogP contribution in [0.3, 0.4) is 0 Å². The van der Waals surface area contributed by atoms with E-state index in [2.05, 4.69) is 15.9 Å². The molecule has 0 aliphatic heterocycles. The van der Waals surface area contributed by atoms with Crippen molar-refractivity contribution in [1.82, 2.24) is 0 Å². The van der Waals surface area contributed by atoms with E-state index in [0.717, 1.165) is 15.6 Å². The first-order valence-electron chi connectivity index (χ1n) is 4.16. The van der Waals surface area contributed by atoms with Crippen LogP contribution >= 0.6 is 15.9 Å². The lowest BCUT2D eigenvalue weighted by atomic mass is 10.1. The third kappa shape index (κ3) is 1.86. The van der Waals surface area contributed by atoms with Gasteiger partial charge in [-0.05, 0) is 34.5 Å². The van der Waals surface area contributed by atoms with E-state index in [9.17, 15) is 5.11 Å². The predicted molar refractivity (Wildman–Crippen MR) is 57.9 cm³/mol. The largest absolute Gasteiger partial charge is 0.492 e. The number of halogens is 1. The molecule has 1 aromatic carbocycles. The van der Waals surface area contributed by atoms with Crippen LogP contribution in [0.2, 0.25) is 0 Å². The molecule has 0 unspecified atom stereocenters. The first kappa shape index (κ1) is 11.3. The van der Waals surface area contributed by atoms with Crippen molar-refractivity contribution in [1.29, 1.82) is 0 Å². The van der Waals surface area contributed by atoms with Crippen molar-refractivity contribution in [2.75, 3.05) is 14.2 Å². The summed E-state index contributed by atoms with van der Waals surface area (Å²) in [5.74, 6) is 1.20. The van der Waals surface area contributed by atoms with Gasteiger partial charge in [0.2, 0.25) is 0 Å². The van der Waals surface area contributed by atoms with Gasteiger partial charge >= 0.3 is 0 Å². The summed E-state index contributed by atoms with van der Waals surface area (Å²) >= 11 is 3.38. The molecule has 0 aliphatic carbocycles. The Bertz CT molecular complexity index is 308. The van der Waals surface area contributed by atoms with E-state index in [0.29, 0.717) is 11.5 Å². The van der Waals surface area contributed by atoms with Gasteiger partial charge in [0.15, 0.2) is 11.5 Å². The fraction of sp³-hybridized carbons (Fsp3) is 0.400. The third-order valence-electron chi connectivity index (χ3n) is 2.08. The molecule has 0 saturated carbocycles. The van der Waals surface area contributed by atoms with Crippen LogP contribution in [-0.2, 0) is 6.61 Å². The van der Waals surface area contributed by atoms with E-state index in [1.165, 1.54) is 0 Å². The van der Waals surface area contributed by atoms with E-state index in [-0.39, 0.29) is 6.61 Å². The van der Waals surface area contributed by atoms with Gasteiger partial charge in [0.25, 0.3) is 0 Å². The summed E-state index contributed by atoms with van der Waals surface area (Å²) in [5, 5.41) is 9.19. The predicted octanol–water partition coefficient (Wildman–Crippen LogP) is 2.27. The zero-order valence-corrected chi connectivity index (χ0v) is 10.0. The van der Waals surface area contributed by atoms with Gasteiger partial charge in [-0.25, -0.2) is 0 Å². The Morgan fingerprint density at radius 2 is 1.86 bits per heavy atom. The number of methoxy groups -OCH3 is 2. The van der Waals surface area contributed by atoms with E-state index in [1.54, 1.807) is 14.2 Å². The molecule has 0 atom stereocenters. The highest BCUT2D eigenvalue weighted by Crippen LogP contribution is 2.39. The van der Waals surface area contributed by atoms with Crippen molar-refractivity contribution < 1.29 is 14.6 Å². The maximum Gasteiger partial charge on any atom is 0.175 e. The van der Waals surface area contributed by atoms with E-state index >= 15 is 0 Å². The molecule has 0 aliphatic rings. The van der Waals surface area contributed by atoms with Gasteiger partial charge in [0.1, 0.15) is 0 Å². The average molecular weight is 261 g/mol. The number of benzene rings is 1. The summed E-state index contributed by atoms with van der Waals surface area (Å²) in [5.41, 5.74) is 1.73. The van der Waals surface area contributed by atoms with Crippen molar-refractivity contribution in [3.63, 3.8) is 0 Å². The SMILES string of the molecule is COc1c(Br)cc(C)c(CO)c1OC. The number of hydrogen-bond acceptors (Lipinski definition) is 3. The molecule has 0 saturated heterocycles. The average Bonchev–Trinajstić information content (AvgIpc) is 2.16. The zero-order valence-electron chi connectivity index (χ0n) is 8.43. The van der Waals surface area contributed by atoms with Gasteiger partial charge in [-0.3, -0.25) is 0 Å². The number of ether oxygens (including phenoxy) is 2. The van der Waals surface area contributed by atoms with Crippen LogP contribution in [0.15, 0.2) is 10.5 Å². The lowest BCUT2D eigenvalue weighted by Gasteiger charge is -2.15. The Kier molecular flexibility index (Phi) is 3.77. The highest BCUT2D eigenvalue weighted by molar-refractivity contribution is 9.10. The van der Waals surface area contributed by atoms with Crippen molar-refractivity contribution in [2.24, 2.45) is 0 Å². The Labute approximate surface area is 91.8 Å². The van der Waals surface area contributed by atoms with Crippen LogP contribution in [-0.4, -0.2) is 19.3 Å². The van der Waals surface area contributed by atoms with Gasteiger partial charge in [-0.15, -0.1) is 0 Å². The summed E-state index contributed by atoms with van der Waals surface area (Å²) in [6.07, 6.45) is 0. The monoisotopic (exact) mass is 260 g/mol. The molecule has 0 bridgehead atoms. The second-order valence-electron chi connectivity index (χ2n) is 2.88. The molecule has 0 amide bonds. The van der Waals surface area contributed by atoms with Gasteiger partial charge in [-0.1, -0.05) is 0 Å². The quantitative estimate of drug-likeness (QED) is 0.907. The summed E-state index contributed by atoms with van der Waals surface area (Å²) < 4.78 is 11.2. The molecule has 0 radical (unpaired) electrons. The van der Waals surface area contributed by atoms with Gasteiger partial charge < -0.3 is 14.6 Å². The number of aliphatic hydroxyl groups excluding tert-OH is 1. The minimum absolute atomic E-state index is 0.0569. The highest BCUT2D eigenvalue weighted by Gasteiger charge is 2.15. The first-order valence-corrected chi connectivity index (χ1v) is 4.95. The second kappa shape index (κ2) is 4.66. The lowest BCUT2D eigenvalue weighted by Crippen LogP contribution is -1.99. The molecule has 14 heavy (non-hydrogen) atoms. The maximum atomic E-state index is 9.19. The lowest BCUT2D eigenvalue weighted by molar-refractivity contribution is 0.268. The first-order chi connectivity index (χ1) is 6.65. The standard InChI is InChI=1S/C10H13BrO3/c1-6-4-8(11)10(14-3)9(13-2)7(6)5-12/h4,12H,5H2,1-3H3. The molecule has 0 fully saturated rings. The smallest absolute Gasteiger partial charge is 0.175 e. The van der Waals surface area contributed by atoms with Crippen LogP contribution in [0, 0.1) is 6.92 Å². The Morgan fingerprint density at radius 1 is 1.29 bits per heavy atom. The molecular weight excluding hydrogens is 248 g/mol. The van der Waals surface area contributed by atoms with E-state index in [4.69, 9.17) is 9.47 Å². The highest BCUT2D eigenvalue weighted by atomic mass is 79.9. The number of aliphatic hydroxyl groups is 1. The molecular formula is C10H13BrO3. The fourth-order valence-electron chi connectivity index (χ4n) is 1.37. The van der Waals surface area contributed by atoms with Crippen LogP contribution in [0.5, 0.6) is 11.5 Å². The molecule has 1 aromatic rings. The maximum absolute atomic E-state index is 9.19. The molecule has 0 heterocycles. The van der Waals surface area contributed by atoms with Crippen LogP contribution in [0.25, 0.3) is 0 Å². The zero-order chi connectivity index (χ0) is 10.7. The fourth-order valence-corrected chi connectivity index (χ4v) is 2.06. The topological polar surface area (TPSA) is 38.7 Å². The van der Waals surface area contributed by atoms with Gasteiger partial charge in [-0.2, -0.15) is 0 Å². The van der Waals surface area contributed by atoms with Crippen molar-refractivity contribution >= 4 is 15.9 Å². The molecule has 0 aromatic heterocycles. The Hall–Kier alpha value is -0.740. The van der Waals surface area contributed by atoms with Crippen LogP contribution in [0.4, 0.5) is 0 Å². The molecule has 1 rings (SSSR count). The van der Waals surface area contributed by atoms with Crippen LogP contribution in [0.1, 0.15) is 11.1 Å². The van der Waals surface area contributed by atoms with Crippen LogP contribution < -0.4 is 9.47 Å². The summed E-state index contributed by atoms with van der Waals surface area (Å²) in [4.78, 5) is 0. The number of aryl methyl sites for hydroxylation is 1. The molecule has 1 N–H and O–H groups in total. The van der Waals surface area contributed by atoms with E-state index in [1.807, 2.05) is 13.0 Å². The van der Waals surface area contributed by atoms with Gasteiger partial charge in [0, 0.05) is 5.56 Å². The van der Waals surface area contributed by atoms with Crippen molar-refractivity contribution in [3.8, 4) is 11.5 Å².